The minimum atomic E-state index is 0.245. The summed E-state index contributed by atoms with van der Waals surface area (Å²) in [6.45, 7) is 7.51. The summed E-state index contributed by atoms with van der Waals surface area (Å²) < 4.78 is 11.7. The van der Waals surface area contributed by atoms with Crippen LogP contribution in [0.1, 0.15) is 58.3 Å². The minimum absolute atomic E-state index is 0.245. The van der Waals surface area contributed by atoms with Gasteiger partial charge in [-0.15, -0.1) is 0 Å². The number of hydrogen-bond acceptors (Lipinski definition) is 6. The highest BCUT2D eigenvalue weighted by Gasteiger charge is 2.24. The predicted molar refractivity (Wildman–Crippen MR) is 103 cm³/mol. The molecule has 2 aliphatic rings. The monoisotopic (exact) mass is 370 g/mol. The van der Waals surface area contributed by atoms with Crippen LogP contribution in [0.15, 0.2) is 22.9 Å². The molecule has 0 radical (unpaired) electrons. The van der Waals surface area contributed by atoms with Crippen molar-refractivity contribution in [1.82, 2.24) is 20.0 Å². The number of ether oxygens (including phenoxy) is 1. The fraction of sp³-hybridized carbons (Fsp3) is 0.667. The summed E-state index contributed by atoms with van der Waals surface area (Å²) in [6.07, 6.45) is 9.25. The zero-order chi connectivity index (χ0) is 18.6. The second-order valence-corrected chi connectivity index (χ2v) is 8.39. The van der Waals surface area contributed by atoms with Crippen molar-refractivity contribution in [2.75, 3.05) is 13.1 Å². The number of pyridine rings is 1. The van der Waals surface area contributed by atoms with E-state index in [1.165, 1.54) is 25.7 Å². The molecule has 2 fully saturated rings. The normalized spacial score (nSPS) is 24.8. The van der Waals surface area contributed by atoms with E-state index in [4.69, 9.17) is 9.26 Å². The Morgan fingerprint density at radius 2 is 1.93 bits per heavy atom. The van der Waals surface area contributed by atoms with Gasteiger partial charge in [-0.25, -0.2) is 4.98 Å². The summed E-state index contributed by atoms with van der Waals surface area (Å²) >= 11 is 0. The molecule has 2 aromatic rings. The lowest BCUT2D eigenvalue weighted by atomic mass is 9.92. The molecule has 2 atom stereocenters. The predicted octanol–water partition coefficient (Wildman–Crippen LogP) is 4.32. The molecular weight excluding hydrogens is 340 g/mol. The molecule has 0 bridgehead atoms. The highest BCUT2D eigenvalue weighted by Crippen LogP contribution is 2.30. The van der Waals surface area contributed by atoms with Crippen LogP contribution in [0.3, 0.4) is 0 Å². The number of rotatable bonds is 5. The lowest BCUT2D eigenvalue weighted by molar-refractivity contribution is 0.121. The Labute approximate surface area is 161 Å². The maximum atomic E-state index is 6.19. The van der Waals surface area contributed by atoms with Crippen LogP contribution in [0.25, 0.3) is 11.4 Å². The van der Waals surface area contributed by atoms with Crippen LogP contribution in [-0.4, -0.2) is 39.2 Å². The summed E-state index contributed by atoms with van der Waals surface area (Å²) in [5, 5.41) is 4.21. The molecule has 4 rings (SSSR count). The lowest BCUT2D eigenvalue weighted by Gasteiger charge is -2.33. The van der Waals surface area contributed by atoms with Crippen molar-refractivity contribution in [3.8, 4) is 17.3 Å². The van der Waals surface area contributed by atoms with Crippen molar-refractivity contribution in [1.29, 1.82) is 0 Å². The molecule has 1 aliphatic carbocycles. The zero-order valence-corrected chi connectivity index (χ0v) is 16.4. The van der Waals surface area contributed by atoms with Gasteiger partial charge in [0.1, 0.15) is 6.10 Å². The number of nitrogens with zero attached hydrogens (tertiary/aromatic N) is 4. The van der Waals surface area contributed by atoms with Crippen LogP contribution < -0.4 is 4.74 Å². The van der Waals surface area contributed by atoms with E-state index < -0.39 is 0 Å². The average molecular weight is 370 g/mol. The van der Waals surface area contributed by atoms with Gasteiger partial charge in [-0.1, -0.05) is 25.4 Å². The molecule has 1 saturated heterocycles. The summed E-state index contributed by atoms with van der Waals surface area (Å²) in [4.78, 5) is 11.5. The second-order valence-electron chi connectivity index (χ2n) is 8.39. The number of likely N-dealkylation sites (tertiary alicyclic amines) is 1. The van der Waals surface area contributed by atoms with E-state index in [1.807, 2.05) is 12.1 Å². The quantitative estimate of drug-likeness (QED) is 0.781. The Morgan fingerprint density at radius 3 is 2.70 bits per heavy atom. The van der Waals surface area contributed by atoms with Crippen molar-refractivity contribution in [3.05, 3.63) is 24.2 Å². The van der Waals surface area contributed by atoms with Gasteiger partial charge in [-0.2, -0.15) is 4.98 Å². The summed E-state index contributed by atoms with van der Waals surface area (Å²) in [7, 11) is 0. The maximum absolute atomic E-state index is 6.19. The van der Waals surface area contributed by atoms with Crippen molar-refractivity contribution in [2.45, 2.75) is 65.0 Å². The van der Waals surface area contributed by atoms with Gasteiger partial charge in [0.25, 0.3) is 0 Å². The lowest BCUT2D eigenvalue weighted by Crippen LogP contribution is -2.38. The fourth-order valence-corrected chi connectivity index (χ4v) is 4.54. The smallest absolute Gasteiger partial charge is 0.241 e. The van der Waals surface area contributed by atoms with Gasteiger partial charge >= 0.3 is 0 Å². The van der Waals surface area contributed by atoms with Crippen LogP contribution in [0.2, 0.25) is 0 Å². The second kappa shape index (κ2) is 8.38. The van der Waals surface area contributed by atoms with Gasteiger partial charge in [0.2, 0.25) is 17.6 Å². The number of piperidine rings is 1. The third-order valence-corrected chi connectivity index (χ3v) is 5.61. The van der Waals surface area contributed by atoms with E-state index >= 15 is 0 Å². The van der Waals surface area contributed by atoms with Crippen molar-refractivity contribution >= 4 is 0 Å². The Hall–Kier alpha value is -1.95. The molecule has 3 heterocycles. The molecule has 1 saturated carbocycles. The first-order valence-corrected chi connectivity index (χ1v) is 10.3. The number of aromatic nitrogens is 3. The Balaban J connectivity index is 1.46. The topological polar surface area (TPSA) is 64.3 Å². The molecule has 1 aliphatic heterocycles. The van der Waals surface area contributed by atoms with Crippen LogP contribution in [0, 0.1) is 11.8 Å². The van der Waals surface area contributed by atoms with Crippen LogP contribution >= 0.6 is 0 Å². The largest absolute Gasteiger partial charge is 0.474 e. The molecule has 0 N–H and O–H groups in total. The number of hydrogen-bond donors (Lipinski definition) is 0. The first-order chi connectivity index (χ1) is 13.2. The van der Waals surface area contributed by atoms with Gasteiger partial charge in [0, 0.05) is 19.3 Å². The molecule has 6 heteroatoms. The van der Waals surface area contributed by atoms with Crippen LogP contribution in [0.4, 0.5) is 0 Å². The molecule has 146 valence electrons. The van der Waals surface area contributed by atoms with Crippen LogP contribution in [0.5, 0.6) is 5.88 Å². The maximum Gasteiger partial charge on any atom is 0.241 e. The fourth-order valence-electron chi connectivity index (χ4n) is 4.54. The summed E-state index contributed by atoms with van der Waals surface area (Å²) in [5.74, 6) is 3.28. The van der Waals surface area contributed by atoms with E-state index in [2.05, 4.69) is 33.9 Å². The van der Waals surface area contributed by atoms with Crippen molar-refractivity contribution in [2.24, 2.45) is 11.8 Å². The van der Waals surface area contributed by atoms with Crippen molar-refractivity contribution in [3.63, 3.8) is 0 Å². The van der Waals surface area contributed by atoms with Gasteiger partial charge in [-0.3, -0.25) is 4.90 Å². The SMILES string of the molecule is C[C@@H]1C[C@@H](C)CN(Cc2nc(-c3cccnc3OC3CCCCC3)no2)C1. The van der Waals surface area contributed by atoms with Gasteiger partial charge in [0.15, 0.2) is 0 Å². The first kappa shape index (κ1) is 18.4. The van der Waals surface area contributed by atoms with Crippen LogP contribution in [-0.2, 0) is 6.54 Å². The Bertz CT molecular complexity index is 731. The highest BCUT2D eigenvalue weighted by atomic mass is 16.5. The van der Waals surface area contributed by atoms with Gasteiger partial charge < -0.3 is 9.26 Å². The third kappa shape index (κ3) is 4.67. The average Bonchev–Trinajstić information content (AvgIpc) is 3.10. The van der Waals surface area contributed by atoms with Gasteiger partial charge in [0.05, 0.1) is 12.1 Å². The molecule has 0 spiro atoms. The molecule has 2 aromatic heterocycles. The standard InChI is InChI=1S/C21H30N4O2/c1-15-11-16(2)13-25(12-15)14-19-23-20(24-27-19)18-9-6-10-22-21(18)26-17-7-4-3-5-8-17/h6,9-10,15-17H,3-5,7-8,11-14H2,1-2H3/t15-,16-/m1/s1. The van der Waals surface area contributed by atoms with E-state index in [1.54, 1.807) is 6.20 Å². The molecule has 27 heavy (non-hydrogen) atoms. The van der Waals surface area contributed by atoms with E-state index in [9.17, 15) is 0 Å². The highest BCUT2D eigenvalue weighted by molar-refractivity contribution is 5.60. The third-order valence-electron chi connectivity index (χ3n) is 5.61. The Morgan fingerprint density at radius 1 is 1.15 bits per heavy atom. The molecule has 0 amide bonds. The summed E-state index contributed by atoms with van der Waals surface area (Å²) in [6, 6.07) is 3.86. The molecule has 0 unspecified atom stereocenters. The summed E-state index contributed by atoms with van der Waals surface area (Å²) in [5.41, 5.74) is 0.818. The van der Waals surface area contributed by atoms with Crippen molar-refractivity contribution < 1.29 is 9.26 Å². The van der Waals surface area contributed by atoms with E-state index in [0.717, 1.165) is 31.5 Å². The first-order valence-electron chi connectivity index (χ1n) is 10.3. The molecular formula is C21H30N4O2. The van der Waals surface area contributed by atoms with E-state index in [0.29, 0.717) is 36.0 Å². The molecule has 6 nitrogen and oxygen atoms in total. The molecule has 0 aromatic carbocycles. The minimum Gasteiger partial charge on any atom is -0.474 e. The van der Waals surface area contributed by atoms with E-state index in [-0.39, 0.29) is 6.10 Å². The zero-order valence-electron chi connectivity index (χ0n) is 16.4. The Kier molecular flexibility index (Phi) is 5.72. The van der Waals surface area contributed by atoms with Gasteiger partial charge in [-0.05, 0) is 56.1 Å².